The van der Waals surface area contributed by atoms with Crippen LogP contribution in [-0.4, -0.2) is 50.8 Å². The van der Waals surface area contributed by atoms with Crippen LogP contribution in [0.5, 0.6) is 0 Å². The third-order valence-corrected chi connectivity index (χ3v) is 3.07. The third-order valence-electron chi connectivity index (χ3n) is 3.07. The molecule has 2 amide bonds. The number of aliphatic carboxylic acids is 1. The van der Waals surface area contributed by atoms with Crippen molar-refractivity contribution in [3.8, 4) is 0 Å². The maximum atomic E-state index is 12.0. The number of carbonyl (C=O) groups is 2. The molecule has 1 aliphatic heterocycles. The van der Waals surface area contributed by atoms with Crippen molar-refractivity contribution in [2.45, 2.75) is 25.5 Å². The number of hydrogen-bond acceptors (Lipinski definition) is 4. The predicted molar refractivity (Wildman–Crippen MR) is 66.7 cm³/mol. The molecule has 0 saturated carbocycles. The molecule has 0 aromatic carbocycles. The molecule has 7 nitrogen and oxygen atoms in total. The first-order chi connectivity index (χ1) is 8.99. The van der Waals surface area contributed by atoms with E-state index in [1.807, 2.05) is 0 Å². The fraction of sp³-hybridized carbons (Fsp3) is 0.417. The Morgan fingerprint density at radius 3 is 2.89 bits per heavy atom. The number of β-amino-alcohol motifs (C(OH)–C–C–N with tert-alkyl or cyclic N) is 1. The van der Waals surface area contributed by atoms with Crippen LogP contribution < -0.4 is 5.32 Å². The molecule has 0 radical (unpaired) electrons. The number of rotatable bonds is 2. The molecule has 1 aromatic heterocycles. The van der Waals surface area contributed by atoms with Crippen LogP contribution in [0.1, 0.15) is 12.1 Å². The molecule has 2 heterocycles. The highest BCUT2D eigenvalue weighted by atomic mass is 16.4. The number of nitrogens with one attached hydrogen (secondary N) is 1. The van der Waals surface area contributed by atoms with Crippen LogP contribution in [-0.2, 0) is 4.79 Å². The minimum atomic E-state index is -1.12. The van der Waals surface area contributed by atoms with Crippen LogP contribution >= 0.6 is 0 Å². The topological polar surface area (TPSA) is 103 Å². The van der Waals surface area contributed by atoms with Gasteiger partial charge in [-0.1, -0.05) is 0 Å². The summed E-state index contributed by atoms with van der Waals surface area (Å²) < 4.78 is 0. The second kappa shape index (κ2) is 5.23. The Morgan fingerprint density at radius 1 is 1.53 bits per heavy atom. The van der Waals surface area contributed by atoms with Gasteiger partial charge in [-0.15, -0.1) is 0 Å². The number of hydrogen-bond donors (Lipinski definition) is 3. The largest absolute Gasteiger partial charge is 0.480 e. The van der Waals surface area contributed by atoms with E-state index in [0.29, 0.717) is 11.4 Å². The average molecular weight is 265 g/mol. The summed E-state index contributed by atoms with van der Waals surface area (Å²) in [4.78, 5) is 28.2. The zero-order valence-corrected chi connectivity index (χ0v) is 10.4. The van der Waals surface area contributed by atoms with Crippen LogP contribution in [0.2, 0.25) is 0 Å². The van der Waals surface area contributed by atoms with Gasteiger partial charge in [0.2, 0.25) is 0 Å². The standard InChI is InChI=1S/C12H15N3O4/c1-7-9(3-2-4-13-7)14-12(19)15-6-8(16)5-10(15)11(17)18/h2-4,8,10,16H,5-6H2,1H3,(H,14,19)(H,17,18)/t8-,10+/m1/s1. The summed E-state index contributed by atoms with van der Waals surface area (Å²) in [6, 6.07) is 1.82. The first kappa shape index (κ1) is 13.3. The van der Waals surface area contributed by atoms with Crippen LogP contribution in [0.3, 0.4) is 0 Å². The molecule has 19 heavy (non-hydrogen) atoms. The maximum Gasteiger partial charge on any atom is 0.326 e. The van der Waals surface area contributed by atoms with Gasteiger partial charge in [-0.3, -0.25) is 4.98 Å². The Kier molecular flexibility index (Phi) is 3.66. The molecule has 2 atom stereocenters. The summed E-state index contributed by atoms with van der Waals surface area (Å²) in [7, 11) is 0. The Labute approximate surface area is 109 Å². The van der Waals surface area contributed by atoms with Crippen molar-refractivity contribution in [2.24, 2.45) is 0 Å². The second-order valence-electron chi connectivity index (χ2n) is 4.46. The zero-order chi connectivity index (χ0) is 14.0. The summed E-state index contributed by atoms with van der Waals surface area (Å²) in [5.41, 5.74) is 1.17. The van der Waals surface area contributed by atoms with Crippen molar-refractivity contribution < 1.29 is 19.8 Å². The van der Waals surface area contributed by atoms with Crippen molar-refractivity contribution in [3.05, 3.63) is 24.0 Å². The van der Waals surface area contributed by atoms with Gasteiger partial charge in [0.1, 0.15) is 6.04 Å². The summed E-state index contributed by atoms with van der Waals surface area (Å²) in [5, 5.41) is 21.1. The first-order valence-electron chi connectivity index (χ1n) is 5.89. The number of carboxylic acids is 1. The second-order valence-corrected chi connectivity index (χ2v) is 4.46. The Hall–Kier alpha value is -2.15. The van der Waals surface area contributed by atoms with E-state index in [-0.39, 0.29) is 13.0 Å². The van der Waals surface area contributed by atoms with E-state index in [1.165, 1.54) is 0 Å². The number of pyridine rings is 1. The van der Waals surface area contributed by atoms with Gasteiger partial charge in [0.15, 0.2) is 0 Å². The average Bonchev–Trinajstić information content (AvgIpc) is 2.74. The first-order valence-corrected chi connectivity index (χ1v) is 5.89. The van der Waals surface area contributed by atoms with E-state index < -0.39 is 24.1 Å². The van der Waals surface area contributed by atoms with Gasteiger partial charge in [-0.2, -0.15) is 0 Å². The number of nitrogens with zero attached hydrogens (tertiary/aromatic N) is 2. The smallest absolute Gasteiger partial charge is 0.326 e. The monoisotopic (exact) mass is 265 g/mol. The SMILES string of the molecule is Cc1ncccc1NC(=O)N1C[C@H](O)C[C@H]1C(=O)O. The molecule has 1 aromatic rings. The summed E-state index contributed by atoms with van der Waals surface area (Å²) in [6.45, 7) is 1.76. The van der Waals surface area contributed by atoms with Crippen LogP contribution in [0, 0.1) is 6.92 Å². The Balaban J connectivity index is 2.11. The van der Waals surface area contributed by atoms with Gasteiger partial charge in [0.25, 0.3) is 0 Å². The van der Waals surface area contributed by atoms with Gasteiger partial charge in [-0.25, -0.2) is 9.59 Å². The molecular weight excluding hydrogens is 250 g/mol. The van der Waals surface area contributed by atoms with E-state index in [4.69, 9.17) is 5.11 Å². The van der Waals surface area contributed by atoms with Crippen molar-refractivity contribution in [2.75, 3.05) is 11.9 Å². The lowest BCUT2D eigenvalue weighted by molar-refractivity contribution is -0.141. The molecule has 1 aliphatic rings. The predicted octanol–water partition coefficient (Wildman–Crippen LogP) is 0.442. The number of aryl methyl sites for hydroxylation is 1. The van der Waals surface area contributed by atoms with Crippen molar-refractivity contribution in [1.29, 1.82) is 0 Å². The Bertz CT molecular complexity index is 506. The summed E-state index contributed by atoms with van der Waals surface area (Å²) >= 11 is 0. The van der Waals surface area contributed by atoms with E-state index in [0.717, 1.165) is 4.90 Å². The number of aromatic nitrogens is 1. The summed E-state index contributed by atoms with van der Waals surface area (Å²) in [6.07, 6.45) is 0.848. The lowest BCUT2D eigenvalue weighted by atomic mass is 10.2. The van der Waals surface area contributed by atoms with Gasteiger partial charge in [0.05, 0.1) is 17.5 Å². The van der Waals surface area contributed by atoms with Gasteiger partial charge < -0.3 is 20.4 Å². The minimum Gasteiger partial charge on any atom is -0.480 e. The van der Waals surface area contributed by atoms with Gasteiger partial charge >= 0.3 is 12.0 Å². The van der Waals surface area contributed by atoms with Crippen molar-refractivity contribution >= 4 is 17.7 Å². The lowest BCUT2D eigenvalue weighted by Gasteiger charge is -2.21. The molecular formula is C12H15N3O4. The van der Waals surface area contributed by atoms with Gasteiger partial charge in [0, 0.05) is 19.2 Å². The quantitative estimate of drug-likeness (QED) is 0.720. The maximum absolute atomic E-state index is 12.0. The molecule has 0 unspecified atom stereocenters. The highest BCUT2D eigenvalue weighted by molar-refractivity contribution is 5.93. The number of carbonyl (C=O) groups excluding carboxylic acids is 1. The van der Waals surface area contributed by atoms with Crippen molar-refractivity contribution in [3.63, 3.8) is 0 Å². The number of aliphatic hydroxyl groups is 1. The number of aliphatic hydroxyl groups excluding tert-OH is 1. The number of carboxylic acid groups (broad SMARTS) is 1. The number of amides is 2. The molecule has 0 bridgehead atoms. The molecule has 0 spiro atoms. The molecule has 102 valence electrons. The minimum absolute atomic E-state index is 0.0160. The highest BCUT2D eigenvalue weighted by Crippen LogP contribution is 2.20. The fourth-order valence-corrected chi connectivity index (χ4v) is 2.08. The molecule has 0 aliphatic carbocycles. The molecule has 2 rings (SSSR count). The molecule has 1 fully saturated rings. The van der Waals surface area contributed by atoms with Crippen LogP contribution in [0.25, 0.3) is 0 Å². The number of likely N-dealkylation sites (tertiary alicyclic amines) is 1. The molecule has 7 heteroatoms. The van der Waals surface area contributed by atoms with E-state index in [2.05, 4.69) is 10.3 Å². The number of urea groups is 1. The molecule has 3 N–H and O–H groups in total. The summed E-state index contributed by atoms with van der Waals surface area (Å²) in [5.74, 6) is -1.12. The Morgan fingerprint density at radius 2 is 2.26 bits per heavy atom. The van der Waals surface area contributed by atoms with E-state index in [9.17, 15) is 14.7 Å². The highest BCUT2D eigenvalue weighted by Gasteiger charge is 2.39. The fourth-order valence-electron chi connectivity index (χ4n) is 2.08. The lowest BCUT2D eigenvalue weighted by Crippen LogP contribution is -2.43. The third kappa shape index (κ3) is 2.82. The normalized spacial score (nSPS) is 22.3. The van der Waals surface area contributed by atoms with E-state index >= 15 is 0 Å². The zero-order valence-electron chi connectivity index (χ0n) is 10.4. The van der Waals surface area contributed by atoms with Crippen LogP contribution in [0.4, 0.5) is 10.5 Å². The van der Waals surface area contributed by atoms with Crippen LogP contribution in [0.15, 0.2) is 18.3 Å². The molecule has 1 saturated heterocycles. The van der Waals surface area contributed by atoms with Crippen molar-refractivity contribution in [1.82, 2.24) is 9.88 Å². The van der Waals surface area contributed by atoms with E-state index in [1.54, 1.807) is 25.3 Å². The van der Waals surface area contributed by atoms with Gasteiger partial charge in [-0.05, 0) is 19.1 Å². The number of anilines is 1.